The number of hydrogen-bond acceptors (Lipinski definition) is 3. The molecule has 17 heavy (non-hydrogen) atoms. The average Bonchev–Trinajstić information content (AvgIpc) is 2.38. The Morgan fingerprint density at radius 2 is 2.47 bits per heavy atom. The minimum absolute atomic E-state index is 0.195. The van der Waals surface area contributed by atoms with E-state index in [1.54, 1.807) is 0 Å². The van der Waals surface area contributed by atoms with Gasteiger partial charge in [0, 0.05) is 31.0 Å². The summed E-state index contributed by atoms with van der Waals surface area (Å²) in [5.41, 5.74) is 2.40. The molecule has 0 saturated heterocycles. The average molecular weight is 235 g/mol. The van der Waals surface area contributed by atoms with Gasteiger partial charge in [0.05, 0.1) is 6.10 Å². The first-order valence-corrected chi connectivity index (χ1v) is 6.52. The normalized spacial score (nSPS) is 20.9. The lowest BCUT2D eigenvalue weighted by Crippen LogP contribution is -2.25. The van der Waals surface area contributed by atoms with Gasteiger partial charge in [-0.2, -0.15) is 0 Å². The van der Waals surface area contributed by atoms with Crippen molar-refractivity contribution in [1.82, 2.24) is 4.98 Å². The van der Waals surface area contributed by atoms with Gasteiger partial charge in [-0.25, -0.2) is 0 Å². The van der Waals surface area contributed by atoms with Crippen LogP contribution in [0, 0.1) is 0 Å². The predicted molar refractivity (Wildman–Crippen MR) is 67.0 cm³/mol. The summed E-state index contributed by atoms with van der Waals surface area (Å²) in [7, 11) is 0. The number of ether oxygens (including phenoxy) is 1. The number of aryl methyl sites for hydroxylation is 1. The van der Waals surface area contributed by atoms with Crippen LogP contribution in [0.25, 0.3) is 0 Å². The highest BCUT2D eigenvalue weighted by atomic mass is 16.5. The fourth-order valence-corrected chi connectivity index (χ4v) is 2.57. The van der Waals surface area contributed by atoms with E-state index in [4.69, 9.17) is 4.74 Å². The van der Waals surface area contributed by atoms with Crippen molar-refractivity contribution in [2.75, 3.05) is 13.2 Å². The zero-order valence-electron chi connectivity index (χ0n) is 10.4. The van der Waals surface area contributed by atoms with Gasteiger partial charge in [-0.05, 0) is 44.2 Å². The maximum Gasteiger partial charge on any atom is 0.0645 e. The second-order valence-electron chi connectivity index (χ2n) is 4.60. The van der Waals surface area contributed by atoms with Crippen LogP contribution in [-0.4, -0.2) is 29.4 Å². The van der Waals surface area contributed by atoms with E-state index in [-0.39, 0.29) is 12.0 Å². The fourth-order valence-electron chi connectivity index (χ4n) is 2.57. The molecule has 0 aliphatic heterocycles. The predicted octanol–water partition coefficient (Wildman–Crippen LogP) is 2.29. The van der Waals surface area contributed by atoms with Crippen molar-refractivity contribution >= 4 is 0 Å². The number of nitrogens with zero attached hydrogens (tertiary/aromatic N) is 1. The first-order chi connectivity index (χ1) is 8.33. The number of hydrogen-bond donors (Lipinski definition) is 1. The Kier molecular flexibility index (Phi) is 4.51. The van der Waals surface area contributed by atoms with Crippen molar-refractivity contribution in [3.8, 4) is 0 Å². The lowest BCUT2D eigenvalue weighted by atomic mass is 9.82. The molecule has 1 aromatic rings. The second kappa shape index (κ2) is 6.12. The molecule has 1 heterocycles. The fraction of sp³-hybridized carbons (Fsp3) is 0.643. The van der Waals surface area contributed by atoms with Gasteiger partial charge in [-0.1, -0.05) is 6.07 Å². The number of aromatic nitrogens is 1. The third-order valence-corrected chi connectivity index (χ3v) is 3.47. The van der Waals surface area contributed by atoms with Crippen LogP contribution < -0.4 is 0 Å². The molecule has 0 fully saturated rings. The topological polar surface area (TPSA) is 42.4 Å². The van der Waals surface area contributed by atoms with Gasteiger partial charge in [0.15, 0.2) is 0 Å². The van der Waals surface area contributed by atoms with Crippen molar-refractivity contribution < 1.29 is 9.84 Å². The molecular weight excluding hydrogens is 214 g/mol. The summed E-state index contributed by atoms with van der Waals surface area (Å²) >= 11 is 0. The van der Waals surface area contributed by atoms with Crippen LogP contribution >= 0.6 is 0 Å². The van der Waals surface area contributed by atoms with E-state index in [0.29, 0.717) is 19.6 Å². The molecule has 94 valence electrons. The van der Waals surface area contributed by atoms with E-state index >= 15 is 0 Å². The Labute approximate surface area is 103 Å². The van der Waals surface area contributed by atoms with Crippen molar-refractivity contribution in [3.63, 3.8) is 0 Å². The Morgan fingerprint density at radius 3 is 3.29 bits per heavy atom. The van der Waals surface area contributed by atoms with Gasteiger partial charge >= 0.3 is 0 Å². The summed E-state index contributed by atoms with van der Waals surface area (Å²) in [6.07, 6.45) is 5.49. The number of rotatable bonds is 5. The molecule has 0 spiro atoms. The molecule has 3 nitrogen and oxygen atoms in total. The van der Waals surface area contributed by atoms with E-state index in [9.17, 15) is 5.11 Å². The Hall–Kier alpha value is -0.930. The number of aliphatic hydroxyl groups is 1. The van der Waals surface area contributed by atoms with E-state index < -0.39 is 0 Å². The van der Waals surface area contributed by atoms with Crippen molar-refractivity contribution in [1.29, 1.82) is 0 Å². The van der Waals surface area contributed by atoms with Gasteiger partial charge < -0.3 is 9.84 Å². The zero-order valence-corrected chi connectivity index (χ0v) is 10.4. The van der Waals surface area contributed by atoms with Crippen LogP contribution in [0.15, 0.2) is 18.3 Å². The van der Waals surface area contributed by atoms with E-state index in [0.717, 1.165) is 25.0 Å². The summed E-state index contributed by atoms with van der Waals surface area (Å²) in [4.78, 5) is 4.45. The van der Waals surface area contributed by atoms with E-state index in [2.05, 4.69) is 11.1 Å². The first kappa shape index (κ1) is 12.5. The molecule has 0 amide bonds. The van der Waals surface area contributed by atoms with Gasteiger partial charge in [-0.15, -0.1) is 0 Å². The maximum atomic E-state index is 10.2. The molecular formula is C14H21NO2. The van der Waals surface area contributed by atoms with Crippen LogP contribution in [0.1, 0.15) is 43.4 Å². The quantitative estimate of drug-likeness (QED) is 0.796. The highest BCUT2D eigenvalue weighted by Crippen LogP contribution is 2.33. The zero-order chi connectivity index (χ0) is 12.1. The molecule has 1 aliphatic carbocycles. The molecule has 2 unspecified atom stereocenters. The van der Waals surface area contributed by atoms with Gasteiger partial charge in [0.1, 0.15) is 0 Å². The molecule has 0 aromatic carbocycles. The second-order valence-corrected chi connectivity index (χ2v) is 4.60. The van der Waals surface area contributed by atoms with Gasteiger partial charge in [0.2, 0.25) is 0 Å². The maximum absolute atomic E-state index is 10.2. The first-order valence-electron chi connectivity index (χ1n) is 6.52. The van der Waals surface area contributed by atoms with Crippen molar-refractivity contribution in [3.05, 3.63) is 29.6 Å². The van der Waals surface area contributed by atoms with E-state index in [1.807, 2.05) is 19.2 Å². The lowest BCUT2D eigenvalue weighted by molar-refractivity contribution is 0.0692. The molecule has 1 aliphatic rings. The van der Waals surface area contributed by atoms with Crippen LogP contribution in [-0.2, 0) is 11.2 Å². The largest absolute Gasteiger partial charge is 0.392 e. The van der Waals surface area contributed by atoms with Crippen molar-refractivity contribution in [2.24, 2.45) is 0 Å². The number of pyridine rings is 1. The Bertz CT molecular complexity index is 354. The Morgan fingerprint density at radius 1 is 1.59 bits per heavy atom. The molecule has 3 heteroatoms. The van der Waals surface area contributed by atoms with Crippen LogP contribution in [0.4, 0.5) is 0 Å². The molecule has 2 atom stereocenters. The third-order valence-electron chi connectivity index (χ3n) is 3.47. The summed E-state index contributed by atoms with van der Waals surface area (Å²) < 4.78 is 5.30. The van der Waals surface area contributed by atoms with Gasteiger partial charge in [-0.3, -0.25) is 4.98 Å². The minimum atomic E-state index is -0.324. The summed E-state index contributed by atoms with van der Waals surface area (Å²) in [5, 5.41) is 10.2. The SMILES string of the molecule is CCOCCC(O)C1CCCc2cccnc21. The smallest absolute Gasteiger partial charge is 0.0645 e. The molecule has 0 saturated carbocycles. The molecule has 2 rings (SSSR count). The van der Waals surface area contributed by atoms with E-state index in [1.165, 1.54) is 5.56 Å². The highest BCUT2D eigenvalue weighted by molar-refractivity contribution is 5.26. The molecule has 0 bridgehead atoms. The lowest BCUT2D eigenvalue weighted by Gasteiger charge is -2.28. The number of aliphatic hydroxyl groups excluding tert-OH is 1. The van der Waals surface area contributed by atoms with Gasteiger partial charge in [0.25, 0.3) is 0 Å². The highest BCUT2D eigenvalue weighted by Gasteiger charge is 2.27. The van der Waals surface area contributed by atoms with Crippen molar-refractivity contribution in [2.45, 2.75) is 44.6 Å². The summed E-state index contributed by atoms with van der Waals surface area (Å²) in [5.74, 6) is 0.195. The molecule has 1 aromatic heterocycles. The minimum Gasteiger partial charge on any atom is -0.392 e. The third kappa shape index (κ3) is 3.05. The summed E-state index contributed by atoms with van der Waals surface area (Å²) in [6, 6.07) is 4.11. The monoisotopic (exact) mass is 235 g/mol. The van der Waals surface area contributed by atoms with Crippen LogP contribution in [0.5, 0.6) is 0 Å². The van der Waals surface area contributed by atoms with Crippen LogP contribution in [0.3, 0.4) is 0 Å². The molecule has 1 N–H and O–H groups in total. The summed E-state index contributed by atoms with van der Waals surface area (Å²) in [6.45, 7) is 3.33. The van der Waals surface area contributed by atoms with Crippen LogP contribution in [0.2, 0.25) is 0 Å². The molecule has 0 radical (unpaired) electrons. The number of fused-ring (bicyclic) bond motifs is 1. The standard InChI is InChI=1S/C14H21NO2/c1-2-17-10-8-13(16)12-7-3-5-11-6-4-9-15-14(11)12/h4,6,9,12-13,16H,2-3,5,7-8,10H2,1H3. The Balaban J connectivity index is 2.02.